The molecule has 0 amide bonds. The van der Waals surface area contributed by atoms with Gasteiger partial charge in [-0.1, -0.05) is 6.92 Å². The number of aliphatic carboxylic acids is 1. The van der Waals surface area contributed by atoms with Crippen LogP contribution in [0.1, 0.15) is 24.5 Å². The van der Waals surface area contributed by atoms with Crippen LogP contribution in [-0.2, 0) is 11.0 Å². The highest BCUT2D eigenvalue weighted by molar-refractivity contribution is 5.75. The highest BCUT2D eigenvalue weighted by Crippen LogP contribution is 2.32. The van der Waals surface area contributed by atoms with Crippen LogP contribution >= 0.6 is 0 Å². The van der Waals surface area contributed by atoms with Crippen molar-refractivity contribution in [2.75, 3.05) is 18.0 Å². The lowest BCUT2D eigenvalue weighted by Crippen LogP contribution is -2.31. The van der Waals surface area contributed by atoms with Gasteiger partial charge in [0, 0.05) is 6.54 Å². The van der Waals surface area contributed by atoms with Crippen LogP contribution in [0.25, 0.3) is 0 Å². The quantitative estimate of drug-likeness (QED) is 0.904. The number of halogens is 3. The summed E-state index contributed by atoms with van der Waals surface area (Å²) in [5.74, 6) is -1.11. The molecule has 4 nitrogen and oxygen atoms in total. The topological polar surface area (TPSA) is 64.3 Å². The third-order valence-corrected chi connectivity index (χ3v) is 2.60. The summed E-state index contributed by atoms with van der Waals surface area (Å²) in [7, 11) is 0. The number of carbonyl (C=O) groups is 1. The van der Waals surface area contributed by atoms with Crippen molar-refractivity contribution in [2.45, 2.75) is 19.5 Å². The average molecular weight is 286 g/mol. The first kappa shape index (κ1) is 15.8. The van der Waals surface area contributed by atoms with Gasteiger partial charge in [-0.3, -0.25) is 4.79 Å². The standard InChI is InChI=1S/C13H13F3N2O2/c1-2-5-18(8-12(19)20)11-4-3-10(13(14,15)16)6-9(11)7-17/h3-4,6H,2,5,8H2,1H3,(H,19,20). The predicted octanol–water partition coefficient (Wildman–Crippen LogP) is 2.88. The maximum atomic E-state index is 12.6. The monoisotopic (exact) mass is 286 g/mol. The van der Waals surface area contributed by atoms with Crippen molar-refractivity contribution in [1.29, 1.82) is 5.26 Å². The Morgan fingerprint density at radius 2 is 2.10 bits per heavy atom. The third-order valence-electron chi connectivity index (χ3n) is 2.60. The minimum Gasteiger partial charge on any atom is -0.480 e. The highest BCUT2D eigenvalue weighted by Gasteiger charge is 2.31. The molecular weight excluding hydrogens is 273 g/mol. The smallest absolute Gasteiger partial charge is 0.416 e. The lowest BCUT2D eigenvalue weighted by molar-refractivity contribution is -0.138. The Morgan fingerprint density at radius 1 is 1.45 bits per heavy atom. The van der Waals surface area contributed by atoms with E-state index in [1.807, 2.05) is 6.92 Å². The fourth-order valence-corrected chi connectivity index (χ4v) is 1.80. The zero-order chi connectivity index (χ0) is 15.3. The fourth-order valence-electron chi connectivity index (χ4n) is 1.80. The van der Waals surface area contributed by atoms with Crippen molar-refractivity contribution in [2.24, 2.45) is 0 Å². The Balaban J connectivity index is 3.22. The first-order valence-electron chi connectivity index (χ1n) is 5.87. The predicted molar refractivity (Wildman–Crippen MR) is 66.3 cm³/mol. The molecule has 1 N–H and O–H groups in total. The fraction of sp³-hybridized carbons (Fsp3) is 0.385. The number of nitrogens with zero attached hydrogens (tertiary/aromatic N) is 2. The summed E-state index contributed by atoms with van der Waals surface area (Å²) in [5, 5.41) is 17.8. The molecule has 0 heterocycles. The molecule has 7 heteroatoms. The number of nitriles is 1. The summed E-state index contributed by atoms with van der Waals surface area (Å²) in [5.41, 5.74) is -0.913. The second-order valence-electron chi connectivity index (χ2n) is 4.16. The molecule has 0 aliphatic carbocycles. The van der Waals surface area contributed by atoms with Crippen molar-refractivity contribution in [3.63, 3.8) is 0 Å². The van der Waals surface area contributed by atoms with E-state index in [1.54, 1.807) is 6.07 Å². The number of hydrogen-bond acceptors (Lipinski definition) is 3. The zero-order valence-electron chi connectivity index (χ0n) is 10.7. The van der Waals surface area contributed by atoms with E-state index in [9.17, 15) is 18.0 Å². The number of carboxylic acid groups (broad SMARTS) is 1. The van der Waals surface area contributed by atoms with Crippen LogP contribution in [0, 0.1) is 11.3 Å². The Kier molecular flexibility index (Phi) is 4.97. The molecule has 1 aromatic rings. The molecule has 0 saturated carbocycles. The summed E-state index contributed by atoms with van der Waals surface area (Å²) >= 11 is 0. The van der Waals surface area contributed by atoms with Crippen LogP contribution in [-0.4, -0.2) is 24.2 Å². The lowest BCUT2D eigenvalue weighted by Gasteiger charge is -2.23. The Bertz CT molecular complexity index is 535. The molecule has 0 atom stereocenters. The van der Waals surface area contributed by atoms with Gasteiger partial charge in [-0.05, 0) is 24.6 Å². The van der Waals surface area contributed by atoms with E-state index >= 15 is 0 Å². The van der Waals surface area contributed by atoms with Gasteiger partial charge in [0.1, 0.15) is 12.6 Å². The molecule has 0 aliphatic heterocycles. The number of carboxylic acids is 1. The second kappa shape index (κ2) is 6.28. The van der Waals surface area contributed by atoms with Crippen LogP contribution in [0.3, 0.4) is 0 Å². The van der Waals surface area contributed by atoms with Gasteiger partial charge in [0.05, 0.1) is 16.8 Å². The van der Waals surface area contributed by atoms with Gasteiger partial charge in [0.15, 0.2) is 0 Å². The molecule has 108 valence electrons. The van der Waals surface area contributed by atoms with Crippen LogP contribution < -0.4 is 4.90 Å². The van der Waals surface area contributed by atoms with Crippen LogP contribution in [0.2, 0.25) is 0 Å². The molecule has 0 radical (unpaired) electrons. The van der Waals surface area contributed by atoms with Crippen LogP contribution in [0.5, 0.6) is 0 Å². The highest BCUT2D eigenvalue weighted by atomic mass is 19.4. The summed E-state index contributed by atoms with van der Waals surface area (Å²) in [6.45, 7) is 1.78. The minimum atomic E-state index is -4.54. The zero-order valence-corrected chi connectivity index (χ0v) is 10.7. The molecule has 0 aliphatic rings. The summed E-state index contributed by atoms with van der Waals surface area (Å²) in [6, 6.07) is 4.41. The normalized spacial score (nSPS) is 10.9. The number of rotatable bonds is 5. The van der Waals surface area contributed by atoms with E-state index < -0.39 is 17.7 Å². The van der Waals surface area contributed by atoms with Gasteiger partial charge in [0.2, 0.25) is 0 Å². The van der Waals surface area contributed by atoms with E-state index in [0.29, 0.717) is 13.0 Å². The first-order valence-corrected chi connectivity index (χ1v) is 5.87. The molecular formula is C13H13F3N2O2. The first-order chi connectivity index (χ1) is 9.29. The molecule has 0 fully saturated rings. The molecule has 20 heavy (non-hydrogen) atoms. The SMILES string of the molecule is CCCN(CC(=O)O)c1ccc(C(F)(F)F)cc1C#N. The van der Waals surface area contributed by atoms with Crippen molar-refractivity contribution >= 4 is 11.7 Å². The van der Waals surface area contributed by atoms with Gasteiger partial charge in [-0.2, -0.15) is 18.4 Å². The second-order valence-corrected chi connectivity index (χ2v) is 4.16. The van der Waals surface area contributed by atoms with Gasteiger partial charge in [-0.15, -0.1) is 0 Å². The lowest BCUT2D eigenvalue weighted by atomic mass is 10.1. The largest absolute Gasteiger partial charge is 0.480 e. The van der Waals surface area contributed by atoms with Crippen LogP contribution in [0.15, 0.2) is 18.2 Å². The average Bonchev–Trinajstić information content (AvgIpc) is 2.36. The van der Waals surface area contributed by atoms with Crippen LogP contribution in [0.4, 0.5) is 18.9 Å². The van der Waals surface area contributed by atoms with Crippen molar-refractivity contribution < 1.29 is 23.1 Å². The van der Waals surface area contributed by atoms with E-state index in [2.05, 4.69) is 0 Å². The molecule has 1 rings (SSSR count). The van der Waals surface area contributed by atoms with E-state index in [4.69, 9.17) is 10.4 Å². The van der Waals surface area contributed by atoms with Gasteiger partial charge in [0.25, 0.3) is 0 Å². The number of benzene rings is 1. The van der Waals surface area contributed by atoms with Gasteiger partial charge < -0.3 is 10.0 Å². The maximum absolute atomic E-state index is 12.6. The molecule has 0 bridgehead atoms. The van der Waals surface area contributed by atoms with E-state index in [0.717, 1.165) is 18.2 Å². The number of hydrogen-bond donors (Lipinski definition) is 1. The molecule has 1 aromatic carbocycles. The van der Waals surface area contributed by atoms with Crippen molar-refractivity contribution in [1.82, 2.24) is 0 Å². The summed E-state index contributed by atoms with van der Waals surface area (Å²) in [4.78, 5) is 12.2. The maximum Gasteiger partial charge on any atom is 0.416 e. The molecule has 0 unspecified atom stereocenters. The van der Waals surface area contributed by atoms with Crippen molar-refractivity contribution in [3.8, 4) is 6.07 Å². The Morgan fingerprint density at radius 3 is 2.55 bits per heavy atom. The van der Waals surface area contributed by atoms with E-state index in [1.165, 1.54) is 4.90 Å². The summed E-state index contributed by atoms with van der Waals surface area (Å²) in [6.07, 6.45) is -3.92. The minimum absolute atomic E-state index is 0.186. The number of alkyl halides is 3. The Labute approximate surface area is 114 Å². The number of anilines is 1. The Hall–Kier alpha value is -2.23. The third kappa shape index (κ3) is 3.88. The van der Waals surface area contributed by atoms with Crippen molar-refractivity contribution in [3.05, 3.63) is 29.3 Å². The summed E-state index contributed by atoms with van der Waals surface area (Å²) < 4.78 is 37.7. The molecule has 0 spiro atoms. The molecule has 0 saturated heterocycles. The van der Waals surface area contributed by atoms with Gasteiger partial charge in [-0.25, -0.2) is 0 Å². The molecule has 0 aromatic heterocycles. The van der Waals surface area contributed by atoms with Gasteiger partial charge >= 0.3 is 12.1 Å². The van der Waals surface area contributed by atoms with E-state index in [-0.39, 0.29) is 17.8 Å².